The molecule has 2 aliphatic carbocycles. The number of H-pyrrole nitrogens is 1. The number of benzene rings is 1. The summed E-state index contributed by atoms with van der Waals surface area (Å²) in [4.78, 5) is 23.3. The number of piperidine rings is 1. The smallest absolute Gasteiger partial charge is 0.254 e. The van der Waals surface area contributed by atoms with Crippen LogP contribution in [0.2, 0.25) is 0 Å². The van der Waals surface area contributed by atoms with Gasteiger partial charge in [-0.3, -0.25) is 9.69 Å². The van der Waals surface area contributed by atoms with Crippen molar-refractivity contribution in [2.45, 2.75) is 56.4 Å². The van der Waals surface area contributed by atoms with Crippen LogP contribution in [-0.2, 0) is 18.4 Å². The van der Waals surface area contributed by atoms with Crippen molar-refractivity contribution in [3.05, 3.63) is 75.7 Å². The Morgan fingerprint density at radius 3 is 2.87 bits per heavy atom. The van der Waals surface area contributed by atoms with E-state index in [2.05, 4.69) is 33.3 Å². The summed E-state index contributed by atoms with van der Waals surface area (Å²) in [6, 6.07) is 10.2. The summed E-state index contributed by atoms with van der Waals surface area (Å²) in [6.45, 7) is 2.96. The van der Waals surface area contributed by atoms with Gasteiger partial charge in [-0.15, -0.1) is 0 Å². The summed E-state index contributed by atoms with van der Waals surface area (Å²) in [5.41, 5.74) is 4.52. The number of aromatic amines is 1. The van der Waals surface area contributed by atoms with E-state index in [1.807, 2.05) is 29.1 Å². The van der Waals surface area contributed by atoms with Crippen LogP contribution in [0.4, 0.5) is 0 Å². The first-order valence-corrected chi connectivity index (χ1v) is 11.2. The van der Waals surface area contributed by atoms with E-state index in [9.17, 15) is 4.79 Å². The van der Waals surface area contributed by atoms with Gasteiger partial charge in [0, 0.05) is 41.7 Å². The molecule has 3 aliphatic rings. The van der Waals surface area contributed by atoms with Crippen molar-refractivity contribution in [2.24, 2.45) is 0 Å². The van der Waals surface area contributed by atoms with Crippen LogP contribution >= 0.6 is 0 Å². The molecular formula is C24H27N5O. The van der Waals surface area contributed by atoms with E-state index in [1.54, 1.807) is 0 Å². The second kappa shape index (κ2) is 6.91. The molecule has 6 rings (SSSR count). The highest BCUT2D eigenvalue weighted by molar-refractivity contribution is 5.35. The summed E-state index contributed by atoms with van der Waals surface area (Å²) in [6.07, 6.45) is 10.6. The van der Waals surface area contributed by atoms with Gasteiger partial charge in [0.25, 0.3) is 5.56 Å². The van der Waals surface area contributed by atoms with E-state index in [4.69, 9.17) is 4.98 Å². The molecule has 1 unspecified atom stereocenters. The number of aromatic nitrogens is 4. The van der Waals surface area contributed by atoms with Crippen molar-refractivity contribution >= 4 is 0 Å². The van der Waals surface area contributed by atoms with Gasteiger partial charge in [-0.25, -0.2) is 9.67 Å². The molecule has 1 saturated heterocycles. The lowest BCUT2D eigenvalue weighted by molar-refractivity contribution is 0.136. The van der Waals surface area contributed by atoms with Crippen molar-refractivity contribution in [3.8, 4) is 5.69 Å². The van der Waals surface area contributed by atoms with Crippen LogP contribution in [0.3, 0.4) is 0 Å². The highest BCUT2D eigenvalue weighted by Crippen LogP contribution is 2.45. The van der Waals surface area contributed by atoms with E-state index >= 15 is 0 Å². The Hall–Kier alpha value is -2.73. The summed E-state index contributed by atoms with van der Waals surface area (Å²) in [5, 5.41) is 4.56. The second-order valence-corrected chi connectivity index (χ2v) is 9.28. The topological polar surface area (TPSA) is 66.8 Å². The minimum absolute atomic E-state index is 0.0426. The first-order valence-electron chi connectivity index (χ1n) is 11.2. The molecule has 1 saturated carbocycles. The van der Waals surface area contributed by atoms with Gasteiger partial charge in [0.15, 0.2) is 0 Å². The number of nitrogens with one attached hydrogen (secondary N) is 1. The Labute approximate surface area is 176 Å². The SMILES string of the molecule is O=c1[nH]c(C2CC2)nc2c1CCC21CCCN(Cc2cnn(-c3ccccc3)c2)C1. The largest absolute Gasteiger partial charge is 0.310 e. The predicted molar refractivity (Wildman–Crippen MR) is 115 cm³/mol. The van der Waals surface area contributed by atoms with Gasteiger partial charge in [0.1, 0.15) is 5.82 Å². The molecule has 3 heterocycles. The average molecular weight is 402 g/mol. The third-order valence-electron chi connectivity index (χ3n) is 7.07. The molecule has 2 aromatic heterocycles. The first kappa shape index (κ1) is 18.1. The van der Waals surface area contributed by atoms with Gasteiger partial charge in [-0.2, -0.15) is 5.10 Å². The zero-order chi connectivity index (χ0) is 20.1. The molecule has 30 heavy (non-hydrogen) atoms. The lowest BCUT2D eigenvalue weighted by Crippen LogP contribution is -2.45. The Bertz CT molecular complexity index is 1130. The molecule has 1 N–H and O–H groups in total. The predicted octanol–water partition coefficient (Wildman–Crippen LogP) is 3.31. The van der Waals surface area contributed by atoms with Gasteiger partial charge >= 0.3 is 0 Å². The standard InChI is InChI=1S/C24H27N5O/c30-23-20-9-11-24(21(20)26-22(27-23)18-7-8-18)10-4-12-28(16-24)14-17-13-25-29(15-17)19-5-2-1-3-6-19/h1-3,5-6,13,15,18H,4,7-12,14,16H2,(H,26,27,30). The fraction of sp³-hybridized carbons (Fsp3) is 0.458. The van der Waals surface area contributed by atoms with E-state index in [1.165, 1.54) is 5.56 Å². The molecule has 3 aromatic rings. The van der Waals surface area contributed by atoms with Crippen molar-refractivity contribution in [3.63, 3.8) is 0 Å². The number of hydrogen-bond acceptors (Lipinski definition) is 4. The first-order chi connectivity index (χ1) is 14.7. The van der Waals surface area contributed by atoms with Gasteiger partial charge in [0.2, 0.25) is 0 Å². The molecule has 1 atom stereocenters. The fourth-order valence-electron chi connectivity index (χ4n) is 5.40. The minimum Gasteiger partial charge on any atom is -0.310 e. The van der Waals surface area contributed by atoms with E-state index in [0.717, 1.165) is 80.9 Å². The van der Waals surface area contributed by atoms with E-state index < -0.39 is 0 Å². The van der Waals surface area contributed by atoms with Crippen LogP contribution in [0, 0.1) is 0 Å². The van der Waals surface area contributed by atoms with Crippen LogP contribution in [0.1, 0.15) is 60.7 Å². The zero-order valence-corrected chi connectivity index (χ0v) is 17.2. The fourth-order valence-corrected chi connectivity index (χ4v) is 5.40. The van der Waals surface area contributed by atoms with E-state index in [-0.39, 0.29) is 11.0 Å². The Balaban J connectivity index is 1.24. The molecule has 2 fully saturated rings. The monoisotopic (exact) mass is 401 g/mol. The van der Waals surface area contributed by atoms with Gasteiger partial charge < -0.3 is 4.98 Å². The number of hydrogen-bond donors (Lipinski definition) is 1. The normalized spacial score (nSPS) is 23.7. The maximum absolute atomic E-state index is 12.7. The van der Waals surface area contributed by atoms with Gasteiger partial charge in [0.05, 0.1) is 17.6 Å². The third-order valence-corrected chi connectivity index (χ3v) is 7.07. The summed E-state index contributed by atoms with van der Waals surface area (Å²) in [5.74, 6) is 1.41. The number of fused-ring (bicyclic) bond motifs is 2. The molecular weight excluding hydrogens is 374 g/mol. The van der Waals surface area contributed by atoms with Gasteiger partial charge in [-0.05, 0) is 57.2 Å². The molecule has 0 amide bonds. The zero-order valence-electron chi connectivity index (χ0n) is 17.2. The highest BCUT2D eigenvalue weighted by atomic mass is 16.1. The molecule has 0 bridgehead atoms. The quantitative estimate of drug-likeness (QED) is 0.728. The third kappa shape index (κ3) is 3.10. The van der Waals surface area contributed by atoms with Crippen LogP contribution in [0.15, 0.2) is 47.5 Å². The van der Waals surface area contributed by atoms with Crippen molar-refractivity contribution in [1.29, 1.82) is 0 Å². The maximum Gasteiger partial charge on any atom is 0.254 e. The minimum atomic E-state index is 0.0426. The summed E-state index contributed by atoms with van der Waals surface area (Å²) < 4.78 is 1.95. The lowest BCUT2D eigenvalue weighted by atomic mass is 9.77. The number of likely N-dealkylation sites (tertiary alicyclic amines) is 1. The highest BCUT2D eigenvalue weighted by Gasteiger charge is 2.45. The van der Waals surface area contributed by atoms with Gasteiger partial charge in [-0.1, -0.05) is 18.2 Å². The Morgan fingerprint density at radius 1 is 1.17 bits per heavy atom. The van der Waals surface area contributed by atoms with Crippen LogP contribution < -0.4 is 5.56 Å². The maximum atomic E-state index is 12.7. The van der Waals surface area contributed by atoms with Crippen LogP contribution in [0.5, 0.6) is 0 Å². The molecule has 6 nitrogen and oxygen atoms in total. The molecule has 1 spiro atoms. The summed E-state index contributed by atoms with van der Waals surface area (Å²) >= 11 is 0. The summed E-state index contributed by atoms with van der Waals surface area (Å²) in [7, 11) is 0. The Kier molecular flexibility index (Phi) is 4.16. The number of para-hydroxylation sites is 1. The lowest BCUT2D eigenvalue weighted by Gasteiger charge is -2.40. The molecule has 1 aromatic carbocycles. The van der Waals surface area contributed by atoms with Crippen molar-refractivity contribution in [2.75, 3.05) is 13.1 Å². The van der Waals surface area contributed by atoms with Crippen LogP contribution in [-0.4, -0.2) is 37.7 Å². The second-order valence-electron chi connectivity index (χ2n) is 9.28. The molecule has 0 radical (unpaired) electrons. The molecule has 154 valence electrons. The van der Waals surface area contributed by atoms with E-state index in [0.29, 0.717) is 5.92 Å². The number of nitrogens with zero attached hydrogens (tertiary/aromatic N) is 4. The molecule has 1 aliphatic heterocycles. The van der Waals surface area contributed by atoms with Crippen LogP contribution in [0.25, 0.3) is 5.69 Å². The average Bonchev–Trinajstić information content (AvgIpc) is 3.43. The van der Waals surface area contributed by atoms with Crippen molar-refractivity contribution in [1.82, 2.24) is 24.6 Å². The number of rotatable bonds is 4. The molecule has 6 heteroatoms. The Morgan fingerprint density at radius 2 is 2.03 bits per heavy atom. The van der Waals surface area contributed by atoms with Crippen molar-refractivity contribution < 1.29 is 0 Å².